The first-order chi connectivity index (χ1) is 31.0. The maximum absolute atomic E-state index is 9.15. The van der Waals surface area contributed by atoms with Gasteiger partial charge in [0.1, 0.15) is 0 Å². The predicted octanol–water partition coefficient (Wildman–Crippen LogP) is 15.3. The molecule has 258 valence electrons. The molecular weight excluding hydrogens is 663 g/mol. The largest absolute Gasteiger partial charge is 0.310 e. The maximum atomic E-state index is 9.15. The molecule has 0 aliphatic heterocycles. The van der Waals surface area contributed by atoms with Crippen molar-refractivity contribution in [3.63, 3.8) is 0 Å². The van der Waals surface area contributed by atoms with E-state index in [2.05, 4.69) is 144 Å². The third-order valence-electron chi connectivity index (χ3n) is 10.2. The summed E-state index contributed by atoms with van der Waals surface area (Å²) in [5.41, 5.74) is 7.26. The second-order valence-corrected chi connectivity index (χ2v) is 13.5. The van der Waals surface area contributed by atoms with E-state index in [0.717, 1.165) is 60.9 Å². The summed E-state index contributed by atoms with van der Waals surface area (Å²) in [5.74, 6) is 0. The van der Waals surface area contributed by atoms with Crippen LogP contribution in [0.2, 0.25) is 0 Å². The van der Waals surface area contributed by atoms with E-state index in [0.29, 0.717) is 5.56 Å². The number of fused-ring (bicyclic) bond motifs is 3. The van der Waals surface area contributed by atoms with Gasteiger partial charge < -0.3 is 4.90 Å². The van der Waals surface area contributed by atoms with Crippen molar-refractivity contribution in [1.29, 1.82) is 0 Å². The topological polar surface area (TPSA) is 3.24 Å². The molecule has 0 heterocycles. The normalized spacial score (nSPS) is 13.6. The summed E-state index contributed by atoms with van der Waals surface area (Å²) in [6.45, 7) is 0. The molecule has 0 saturated heterocycles. The molecule has 1 heteroatoms. The highest BCUT2D eigenvalue weighted by atomic mass is 15.1. The minimum atomic E-state index is -0.598. The van der Waals surface area contributed by atoms with Gasteiger partial charge in [-0.2, -0.15) is 0 Å². The standard InChI is InChI=1S/C54H37N/c1-2-10-38(11-3-1)44-16-8-17-45(34-44)48-24-25-49-36-47(22-23-50(49)37-48)41-28-32-52(33-29-41)55(54-19-9-15-42-13-6-7-18-53(42)54)51-30-26-40(27-31-51)46-21-20-39-12-4-5-14-43(39)35-46/h1-37H/i1D,2D,3D,8D,10D,11D,16D,17D,34D. The van der Waals surface area contributed by atoms with Crippen molar-refractivity contribution in [1.82, 2.24) is 0 Å². The molecule has 0 aliphatic rings. The van der Waals surface area contributed by atoms with Gasteiger partial charge in [-0.15, -0.1) is 0 Å². The fourth-order valence-corrected chi connectivity index (χ4v) is 7.37. The predicted molar refractivity (Wildman–Crippen MR) is 235 cm³/mol. The van der Waals surface area contributed by atoms with E-state index in [4.69, 9.17) is 12.3 Å². The lowest BCUT2D eigenvalue weighted by Crippen LogP contribution is -2.10. The molecule has 55 heavy (non-hydrogen) atoms. The first kappa shape index (κ1) is 24.2. The van der Waals surface area contributed by atoms with Gasteiger partial charge in [0.2, 0.25) is 0 Å². The number of benzene rings is 10. The zero-order valence-electron chi connectivity index (χ0n) is 38.6. The Kier molecular flexibility index (Phi) is 6.14. The monoisotopic (exact) mass is 708 g/mol. The number of rotatable bonds is 7. The maximum Gasteiger partial charge on any atom is 0.0636 e. The van der Waals surface area contributed by atoms with Crippen LogP contribution in [-0.4, -0.2) is 0 Å². The molecule has 0 radical (unpaired) electrons. The second kappa shape index (κ2) is 14.0. The molecule has 0 spiro atoms. The van der Waals surface area contributed by atoms with Gasteiger partial charge in [0.05, 0.1) is 18.0 Å². The summed E-state index contributed by atoms with van der Waals surface area (Å²) in [6.07, 6.45) is 0. The van der Waals surface area contributed by atoms with Gasteiger partial charge in [0, 0.05) is 16.8 Å². The van der Waals surface area contributed by atoms with Gasteiger partial charge in [-0.25, -0.2) is 0 Å². The van der Waals surface area contributed by atoms with Crippen LogP contribution in [0.1, 0.15) is 12.3 Å². The van der Waals surface area contributed by atoms with Gasteiger partial charge in [-0.1, -0.05) is 170 Å². The third-order valence-corrected chi connectivity index (χ3v) is 10.2. The van der Waals surface area contributed by atoms with E-state index in [9.17, 15) is 0 Å². The SMILES string of the molecule is [2H]c1c([2H])c([2H])c(-c2c([2H])c([2H])c([2H])c(-c3ccc4cc(-c5ccc(N(c6ccc(-c7ccc8ccccc8c7)cc6)c6cccc7ccccc67)cc5)ccc4c3)c2[2H])c([2H])c1[2H]. The van der Waals surface area contributed by atoms with Crippen LogP contribution >= 0.6 is 0 Å². The zero-order chi connectivity index (χ0) is 44.4. The van der Waals surface area contributed by atoms with Crippen LogP contribution < -0.4 is 4.90 Å². The molecule has 10 aromatic carbocycles. The lowest BCUT2D eigenvalue weighted by atomic mass is 9.95. The van der Waals surface area contributed by atoms with Gasteiger partial charge in [0.15, 0.2) is 0 Å². The first-order valence-corrected chi connectivity index (χ1v) is 18.2. The molecule has 0 atom stereocenters. The van der Waals surface area contributed by atoms with Crippen molar-refractivity contribution in [2.24, 2.45) is 0 Å². The van der Waals surface area contributed by atoms with Crippen LogP contribution in [0.5, 0.6) is 0 Å². The van der Waals surface area contributed by atoms with Crippen LogP contribution in [0.25, 0.3) is 76.8 Å². The number of hydrogen-bond donors (Lipinski definition) is 0. The van der Waals surface area contributed by atoms with Gasteiger partial charge in [-0.3, -0.25) is 0 Å². The minimum Gasteiger partial charge on any atom is -0.310 e. The Morgan fingerprint density at radius 1 is 0.309 bits per heavy atom. The molecule has 10 rings (SSSR count). The molecule has 1 nitrogen and oxygen atoms in total. The molecule has 0 amide bonds. The first-order valence-electron chi connectivity index (χ1n) is 22.7. The Balaban J connectivity index is 1.00. The minimum absolute atomic E-state index is 0.0449. The Bertz CT molecular complexity index is 3460. The van der Waals surface area contributed by atoms with E-state index < -0.39 is 42.3 Å². The van der Waals surface area contributed by atoms with E-state index in [1.807, 2.05) is 24.3 Å². The molecule has 0 aromatic heterocycles. The van der Waals surface area contributed by atoms with Crippen LogP contribution in [-0.2, 0) is 0 Å². The highest BCUT2D eigenvalue weighted by Crippen LogP contribution is 2.41. The van der Waals surface area contributed by atoms with E-state index in [1.54, 1.807) is 6.07 Å². The average Bonchev–Trinajstić information content (AvgIpc) is 3.33. The molecule has 0 N–H and O–H groups in total. The van der Waals surface area contributed by atoms with Crippen LogP contribution in [0.4, 0.5) is 17.1 Å². The van der Waals surface area contributed by atoms with Crippen molar-refractivity contribution >= 4 is 49.4 Å². The van der Waals surface area contributed by atoms with E-state index in [1.165, 1.54) is 10.8 Å². The molecule has 0 bridgehead atoms. The summed E-state index contributed by atoms with van der Waals surface area (Å²) in [7, 11) is 0. The summed E-state index contributed by atoms with van der Waals surface area (Å²) in [6, 6.07) is 53.8. The van der Waals surface area contributed by atoms with E-state index >= 15 is 0 Å². The van der Waals surface area contributed by atoms with Gasteiger partial charge in [-0.05, 0) is 126 Å². The van der Waals surface area contributed by atoms with Crippen LogP contribution in [0, 0.1) is 0 Å². The summed E-state index contributed by atoms with van der Waals surface area (Å²) < 4.78 is 76.6. The molecule has 10 aromatic rings. The average molecular weight is 709 g/mol. The number of hydrogen-bond acceptors (Lipinski definition) is 1. The summed E-state index contributed by atoms with van der Waals surface area (Å²) in [5, 5.41) is 6.42. The fourth-order valence-electron chi connectivity index (χ4n) is 7.37. The van der Waals surface area contributed by atoms with Crippen molar-refractivity contribution in [2.45, 2.75) is 0 Å². The fraction of sp³-hybridized carbons (Fsp3) is 0. The van der Waals surface area contributed by atoms with Crippen LogP contribution in [0.15, 0.2) is 224 Å². The number of anilines is 3. The van der Waals surface area contributed by atoms with Crippen molar-refractivity contribution in [2.75, 3.05) is 4.90 Å². The molecule has 0 fully saturated rings. The lowest BCUT2D eigenvalue weighted by Gasteiger charge is -2.27. The van der Waals surface area contributed by atoms with Crippen molar-refractivity contribution < 1.29 is 12.3 Å². The third kappa shape index (κ3) is 6.33. The molecule has 0 saturated carbocycles. The summed E-state index contributed by atoms with van der Waals surface area (Å²) in [4.78, 5) is 2.29. The molecular formula is C54H37N. The van der Waals surface area contributed by atoms with Gasteiger partial charge in [0.25, 0.3) is 0 Å². The highest BCUT2D eigenvalue weighted by molar-refractivity contribution is 5.99. The Morgan fingerprint density at radius 3 is 1.40 bits per heavy atom. The van der Waals surface area contributed by atoms with Gasteiger partial charge >= 0.3 is 0 Å². The smallest absolute Gasteiger partial charge is 0.0636 e. The Labute approximate surface area is 334 Å². The van der Waals surface area contributed by atoms with Crippen molar-refractivity contribution in [3.8, 4) is 44.5 Å². The Morgan fingerprint density at radius 2 is 0.764 bits per heavy atom. The van der Waals surface area contributed by atoms with Crippen molar-refractivity contribution in [3.05, 3.63) is 224 Å². The molecule has 0 unspecified atom stereocenters. The van der Waals surface area contributed by atoms with E-state index in [-0.39, 0.29) is 28.8 Å². The quantitative estimate of drug-likeness (QED) is 0.159. The number of nitrogens with zero attached hydrogens (tertiary/aromatic N) is 1. The summed E-state index contributed by atoms with van der Waals surface area (Å²) >= 11 is 0. The Hall–Kier alpha value is -7.22. The van der Waals surface area contributed by atoms with Crippen LogP contribution in [0.3, 0.4) is 0 Å². The molecule has 0 aliphatic carbocycles. The second-order valence-electron chi connectivity index (χ2n) is 13.5. The lowest BCUT2D eigenvalue weighted by molar-refractivity contribution is 1.30. The highest BCUT2D eigenvalue weighted by Gasteiger charge is 2.16. The zero-order valence-corrected chi connectivity index (χ0v) is 29.6.